The van der Waals surface area contributed by atoms with Gasteiger partial charge < -0.3 is 11.1 Å². The molecule has 102 valence electrons. The number of nitrogens with two attached hydrogens (primary N) is 1. The minimum atomic E-state index is 0.243. The number of para-hydroxylation sites is 1. The average Bonchev–Trinajstić information content (AvgIpc) is 2.98. The van der Waals surface area contributed by atoms with E-state index in [-0.39, 0.29) is 6.04 Å². The Morgan fingerprint density at radius 2 is 2.05 bits per heavy atom. The van der Waals surface area contributed by atoms with E-state index in [1.807, 2.05) is 24.3 Å². The quantitative estimate of drug-likeness (QED) is 0.764. The van der Waals surface area contributed by atoms with Crippen LogP contribution in [0.3, 0.4) is 0 Å². The van der Waals surface area contributed by atoms with Crippen molar-refractivity contribution in [1.82, 2.24) is 9.97 Å². The van der Waals surface area contributed by atoms with Gasteiger partial charge in [0.15, 0.2) is 0 Å². The summed E-state index contributed by atoms with van der Waals surface area (Å²) in [6.45, 7) is 2.16. The molecule has 5 heteroatoms. The molecule has 1 atom stereocenters. The second-order valence-electron chi connectivity index (χ2n) is 4.57. The highest BCUT2D eigenvalue weighted by Gasteiger charge is 2.13. The molecule has 0 amide bonds. The fourth-order valence-corrected chi connectivity index (χ4v) is 3.09. The molecule has 2 aromatic heterocycles. The van der Waals surface area contributed by atoms with Crippen LogP contribution < -0.4 is 11.1 Å². The van der Waals surface area contributed by atoms with Crippen LogP contribution in [0.4, 0.5) is 11.8 Å². The molecule has 1 aromatic carbocycles. The van der Waals surface area contributed by atoms with E-state index in [1.165, 1.54) is 4.88 Å². The highest BCUT2D eigenvalue weighted by Crippen LogP contribution is 2.29. The zero-order chi connectivity index (χ0) is 13.9. The first-order valence-corrected chi connectivity index (χ1v) is 7.48. The highest BCUT2D eigenvalue weighted by atomic mass is 32.1. The molecule has 0 saturated carbocycles. The normalized spacial score (nSPS) is 12.4. The predicted molar refractivity (Wildman–Crippen MR) is 84.9 cm³/mol. The zero-order valence-corrected chi connectivity index (χ0v) is 12.0. The van der Waals surface area contributed by atoms with Crippen LogP contribution >= 0.6 is 11.3 Å². The van der Waals surface area contributed by atoms with Crippen molar-refractivity contribution in [2.45, 2.75) is 19.4 Å². The smallest absolute Gasteiger partial charge is 0.222 e. The van der Waals surface area contributed by atoms with Gasteiger partial charge in [0.05, 0.1) is 11.6 Å². The summed E-state index contributed by atoms with van der Waals surface area (Å²) in [7, 11) is 0. The number of fused-ring (bicyclic) bond motifs is 1. The Balaban J connectivity index is 2.01. The SMILES string of the molecule is CCC(Nc1nc(N)nc2ccccc12)c1cccs1. The number of nitrogens with zero attached hydrogens (tertiary/aromatic N) is 2. The minimum Gasteiger partial charge on any atom is -0.368 e. The summed E-state index contributed by atoms with van der Waals surface area (Å²) in [5.74, 6) is 1.10. The maximum absolute atomic E-state index is 5.80. The Hall–Kier alpha value is -2.14. The molecule has 1 unspecified atom stereocenters. The second-order valence-corrected chi connectivity index (χ2v) is 5.55. The lowest BCUT2D eigenvalue weighted by Gasteiger charge is -2.17. The fraction of sp³-hybridized carbons (Fsp3) is 0.200. The van der Waals surface area contributed by atoms with E-state index in [0.29, 0.717) is 5.95 Å². The van der Waals surface area contributed by atoms with E-state index < -0.39 is 0 Å². The Bertz CT molecular complexity index is 709. The van der Waals surface area contributed by atoms with Crippen LogP contribution in [0.15, 0.2) is 41.8 Å². The van der Waals surface area contributed by atoms with Gasteiger partial charge in [0.2, 0.25) is 5.95 Å². The number of hydrogen-bond acceptors (Lipinski definition) is 5. The maximum atomic E-state index is 5.80. The lowest BCUT2D eigenvalue weighted by atomic mass is 10.1. The van der Waals surface area contributed by atoms with Crippen LogP contribution in [0, 0.1) is 0 Å². The van der Waals surface area contributed by atoms with Gasteiger partial charge in [0.25, 0.3) is 0 Å². The summed E-state index contributed by atoms with van der Waals surface area (Å²) in [4.78, 5) is 9.92. The first-order valence-electron chi connectivity index (χ1n) is 6.60. The molecule has 20 heavy (non-hydrogen) atoms. The summed E-state index contributed by atoms with van der Waals surface area (Å²) in [5.41, 5.74) is 6.67. The number of anilines is 2. The molecule has 4 nitrogen and oxygen atoms in total. The van der Waals surface area contributed by atoms with E-state index in [0.717, 1.165) is 23.1 Å². The Labute approximate surface area is 121 Å². The maximum Gasteiger partial charge on any atom is 0.222 e. The van der Waals surface area contributed by atoms with Gasteiger partial charge in [0, 0.05) is 10.3 Å². The zero-order valence-electron chi connectivity index (χ0n) is 11.2. The molecular weight excluding hydrogens is 268 g/mol. The van der Waals surface area contributed by atoms with Crippen molar-refractivity contribution < 1.29 is 0 Å². The van der Waals surface area contributed by atoms with E-state index in [1.54, 1.807) is 11.3 Å². The van der Waals surface area contributed by atoms with Crippen LogP contribution in [-0.2, 0) is 0 Å². The van der Waals surface area contributed by atoms with Crippen molar-refractivity contribution in [3.63, 3.8) is 0 Å². The number of aromatic nitrogens is 2. The molecule has 0 saturated heterocycles. The van der Waals surface area contributed by atoms with Crippen molar-refractivity contribution in [3.05, 3.63) is 46.7 Å². The van der Waals surface area contributed by atoms with Crippen LogP contribution in [-0.4, -0.2) is 9.97 Å². The Morgan fingerprint density at radius 1 is 1.20 bits per heavy atom. The van der Waals surface area contributed by atoms with Crippen molar-refractivity contribution >= 4 is 34.0 Å². The minimum absolute atomic E-state index is 0.243. The van der Waals surface area contributed by atoms with Crippen LogP contribution in [0.1, 0.15) is 24.3 Å². The predicted octanol–water partition coefficient (Wildman–Crippen LogP) is 3.84. The molecule has 3 rings (SSSR count). The topological polar surface area (TPSA) is 63.8 Å². The van der Waals surface area contributed by atoms with Gasteiger partial charge in [-0.05, 0) is 30.0 Å². The van der Waals surface area contributed by atoms with Crippen LogP contribution in [0.2, 0.25) is 0 Å². The van der Waals surface area contributed by atoms with Gasteiger partial charge in [-0.3, -0.25) is 0 Å². The van der Waals surface area contributed by atoms with Gasteiger partial charge in [-0.1, -0.05) is 25.1 Å². The summed E-state index contributed by atoms with van der Waals surface area (Å²) in [5, 5.41) is 6.58. The number of thiophene rings is 1. The van der Waals surface area contributed by atoms with Crippen molar-refractivity contribution in [2.75, 3.05) is 11.1 Å². The third-order valence-electron chi connectivity index (χ3n) is 3.23. The first kappa shape index (κ1) is 12.9. The van der Waals surface area contributed by atoms with Gasteiger partial charge in [-0.25, -0.2) is 4.98 Å². The largest absolute Gasteiger partial charge is 0.368 e. The third-order valence-corrected chi connectivity index (χ3v) is 4.21. The molecule has 0 fully saturated rings. The molecular formula is C15H16N4S. The standard InChI is InChI=1S/C15H16N4S/c1-2-11(13-8-5-9-20-13)17-14-10-6-3-4-7-12(10)18-15(16)19-14/h3-9,11H,2H2,1H3,(H3,16,17,18,19). The lowest BCUT2D eigenvalue weighted by Crippen LogP contribution is -2.11. The summed E-state index contributed by atoms with van der Waals surface area (Å²) < 4.78 is 0. The van der Waals surface area contributed by atoms with Crippen molar-refractivity contribution in [1.29, 1.82) is 0 Å². The Morgan fingerprint density at radius 3 is 2.80 bits per heavy atom. The van der Waals surface area contributed by atoms with Crippen molar-refractivity contribution in [2.24, 2.45) is 0 Å². The molecule has 3 aromatic rings. The van der Waals surface area contributed by atoms with Gasteiger partial charge in [-0.2, -0.15) is 4.98 Å². The number of nitrogen functional groups attached to an aromatic ring is 1. The monoisotopic (exact) mass is 284 g/mol. The van der Waals surface area contributed by atoms with E-state index in [9.17, 15) is 0 Å². The molecule has 3 N–H and O–H groups in total. The fourth-order valence-electron chi connectivity index (χ4n) is 2.23. The van der Waals surface area contributed by atoms with Crippen LogP contribution in [0.25, 0.3) is 10.9 Å². The Kier molecular flexibility index (Phi) is 3.52. The summed E-state index contributed by atoms with van der Waals surface area (Å²) in [6.07, 6.45) is 0.985. The van der Waals surface area contributed by atoms with E-state index in [2.05, 4.69) is 39.7 Å². The molecule has 2 heterocycles. The summed E-state index contributed by atoms with van der Waals surface area (Å²) >= 11 is 1.75. The van der Waals surface area contributed by atoms with Gasteiger partial charge >= 0.3 is 0 Å². The molecule has 0 radical (unpaired) electrons. The van der Waals surface area contributed by atoms with Gasteiger partial charge in [0.1, 0.15) is 5.82 Å². The average molecular weight is 284 g/mol. The van der Waals surface area contributed by atoms with E-state index >= 15 is 0 Å². The van der Waals surface area contributed by atoms with Gasteiger partial charge in [-0.15, -0.1) is 11.3 Å². The summed E-state index contributed by atoms with van der Waals surface area (Å²) in [6, 6.07) is 12.3. The van der Waals surface area contributed by atoms with Crippen LogP contribution in [0.5, 0.6) is 0 Å². The second kappa shape index (κ2) is 5.46. The number of rotatable bonds is 4. The third kappa shape index (κ3) is 2.44. The molecule has 0 aliphatic rings. The number of hydrogen-bond donors (Lipinski definition) is 2. The highest BCUT2D eigenvalue weighted by molar-refractivity contribution is 7.10. The lowest BCUT2D eigenvalue weighted by molar-refractivity contribution is 0.760. The number of nitrogens with one attached hydrogen (secondary N) is 1. The number of benzene rings is 1. The molecule has 0 aliphatic heterocycles. The molecule has 0 bridgehead atoms. The molecule has 0 aliphatic carbocycles. The first-order chi connectivity index (χ1) is 9.78. The van der Waals surface area contributed by atoms with E-state index in [4.69, 9.17) is 5.73 Å². The molecule has 0 spiro atoms. The van der Waals surface area contributed by atoms with Crippen molar-refractivity contribution in [3.8, 4) is 0 Å².